The van der Waals surface area contributed by atoms with Gasteiger partial charge in [0.05, 0.1) is 22.6 Å². The van der Waals surface area contributed by atoms with E-state index in [1.165, 1.54) is 0 Å². The molecule has 1 N–H and O–H groups in total. The molecule has 2 heterocycles. The van der Waals surface area contributed by atoms with E-state index in [4.69, 9.17) is 32.5 Å². The van der Waals surface area contributed by atoms with Gasteiger partial charge >= 0.3 is 0 Å². The second kappa shape index (κ2) is 6.32. The lowest BCUT2D eigenvalue weighted by Gasteiger charge is -2.28. The second-order valence-electron chi connectivity index (χ2n) is 4.95. The van der Waals surface area contributed by atoms with Gasteiger partial charge in [-0.15, -0.1) is 0 Å². The fraction of sp³-hybridized carbons (Fsp3) is 0.429. The summed E-state index contributed by atoms with van der Waals surface area (Å²) in [5.74, 6) is 1.15. The highest BCUT2D eigenvalue weighted by Gasteiger charge is 2.30. The summed E-state index contributed by atoms with van der Waals surface area (Å²) >= 11 is 11.9. The Morgan fingerprint density at radius 2 is 2.14 bits per heavy atom. The average Bonchev–Trinajstić information content (AvgIpc) is 2.99. The number of hydrogen-bond acceptors (Lipinski definition) is 5. The third-order valence-corrected chi connectivity index (χ3v) is 4.40. The molecular weight excluding hydrogens is 313 g/mol. The molecule has 0 radical (unpaired) electrons. The topological polar surface area (TPSA) is 60.2 Å². The minimum atomic E-state index is 0.0628. The zero-order valence-electron chi connectivity index (χ0n) is 11.5. The predicted molar refractivity (Wildman–Crippen MR) is 80.8 cm³/mol. The standard InChI is InChI=1S/C14H15Cl2N3O2/c1-17-12-4-5-20-7-9(12)14-18-13(19-21-14)8-2-3-10(15)11(16)6-8/h2-3,6,9,12,17H,4-5,7H2,1H3. The molecule has 7 heteroatoms. The first kappa shape index (κ1) is 14.8. The van der Waals surface area contributed by atoms with Crippen LogP contribution in [0.2, 0.25) is 10.0 Å². The van der Waals surface area contributed by atoms with Crippen LogP contribution in [0.5, 0.6) is 0 Å². The highest BCUT2D eigenvalue weighted by atomic mass is 35.5. The molecule has 0 bridgehead atoms. The van der Waals surface area contributed by atoms with Gasteiger partial charge in [-0.2, -0.15) is 4.98 Å². The number of ether oxygens (including phenoxy) is 1. The second-order valence-corrected chi connectivity index (χ2v) is 5.76. The molecule has 112 valence electrons. The highest BCUT2D eigenvalue weighted by molar-refractivity contribution is 6.42. The van der Waals surface area contributed by atoms with Crippen LogP contribution in [-0.2, 0) is 4.74 Å². The van der Waals surface area contributed by atoms with Crippen LogP contribution in [0.25, 0.3) is 11.4 Å². The summed E-state index contributed by atoms with van der Waals surface area (Å²) < 4.78 is 10.9. The first-order chi connectivity index (χ1) is 10.2. The SMILES string of the molecule is CNC1CCOCC1c1nc(-c2ccc(Cl)c(Cl)c2)no1. The maximum atomic E-state index is 6.02. The lowest BCUT2D eigenvalue weighted by Crippen LogP contribution is -2.39. The lowest BCUT2D eigenvalue weighted by molar-refractivity contribution is 0.0516. The van der Waals surface area contributed by atoms with Crippen molar-refractivity contribution >= 4 is 23.2 Å². The van der Waals surface area contributed by atoms with Gasteiger partial charge in [0.1, 0.15) is 0 Å². The maximum Gasteiger partial charge on any atom is 0.233 e. The van der Waals surface area contributed by atoms with Gasteiger partial charge in [0.15, 0.2) is 0 Å². The van der Waals surface area contributed by atoms with Gasteiger partial charge in [-0.3, -0.25) is 0 Å². The van der Waals surface area contributed by atoms with Gasteiger partial charge in [0.25, 0.3) is 0 Å². The van der Waals surface area contributed by atoms with E-state index in [0.29, 0.717) is 28.4 Å². The van der Waals surface area contributed by atoms with Crippen LogP contribution in [0, 0.1) is 0 Å². The van der Waals surface area contributed by atoms with E-state index in [-0.39, 0.29) is 12.0 Å². The van der Waals surface area contributed by atoms with Crippen LogP contribution in [0.1, 0.15) is 18.2 Å². The number of halogens is 2. The maximum absolute atomic E-state index is 6.02. The van der Waals surface area contributed by atoms with E-state index in [1.54, 1.807) is 12.1 Å². The van der Waals surface area contributed by atoms with E-state index in [0.717, 1.165) is 18.6 Å². The Morgan fingerprint density at radius 3 is 2.90 bits per heavy atom. The van der Waals surface area contributed by atoms with Crippen LogP contribution < -0.4 is 5.32 Å². The summed E-state index contributed by atoms with van der Waals surface area (Å²) in [6, 6.07) is 5.54. The summed E-state index contributed by atoms with van der Waals surface area (Å²) in [5, 5.41) is 8.27. The molecular formula is C14H15Cl2N3O2. The van der Waals surface area contributed by atoms with Crippen molar-refractivity contribution in [3.63, 3.8) is 0 Å². The molecule has 0 saturated carbocycles. The van der Waals surface area contributed by atoms with E-state index < -0.39 is 0 Å². The number of nitrogens with zero attached hydrogens (tertiary/aromatic N) is 2. The van der Waals surface area contributed by atoms with Crippen LogP contribution in [0.3, 0.4) is 0 Å². The molecule has 2 atom stereocenters. The van der Waals surface area contributed by atoms with Crippen LogP contribution in [-0.4, -0.2) is 36.4 Å². The summed E-state index contributed by atoms with van der Waals surface area (Å²) in [4.78, 5) is 4.47. The van der Waals surface area contributed by atoms with E-state index in [2.05, 4.69) is 15.5 Å². The van der Waals surface area contributed by atoms with Gasteiger partial charge in [0.2, 0.25) is 11.7 Å². The number of aromatic nitrogens is 2. The third-order valence-electron chi connectivity index (χ3n) is 3.66. The number of hydrogen-bond donors (Lipinski definition) is 1. The molecule has 2 unspecified atom stereocenters. The largest absolute Gasteiger partial charge is 0.381 e. The smallest absolute Gasteiger partial charge is 0.233 e. The molecule has 1 saturated heterocycles. The molecule has 0 amide bonds. The molecule has 3 rings (SSSR count). The minimum Gasteiger partial charge on any atom is -0.381 e. The molecule has 5 nitrogen and oxygen atoms in total. The Kier molecular flexibility index (Phi) is 4.45. The van der Waals surface area contributed by atoms with Gasteiger partial charge in [-0.1, -0.05) is 28.4 Å². The number of benzene rings is 1. The number of rotatable bonds is 3. The van der Waals surface area contributed by atoms with Crippen molar-refractivity contribution in [1.29, 1.82) is 0 Å². The van der Waals surface area contributed by atoms with Crippen molar-refractivity contribution in [3.8, 4) is 11.4 Å². The number of nitrogens with one attached hydrogen (secondary N) is 1. The molecule has 1 aromatic heterocycles. The van der Waals surface area contributed by atoms with Crippen molar-refractivity contribution in [2.45, 2.75) is 18.4 Å². The van der Waals surface area contributed by atoms with E-state index in [1.807, 2.05) is 13.1 Å². The van der Waals surface area contributed by atoms with E-state index >= 15 is 0 Å². The van der Waals surface area contributed by atoms with Gasteiger partial charge in [-0.05, 0) is 31.7 Å². The molecule has 1 aliphatic heterocycles. The van der Waals surface area contributed by atoms with Crippen molar-refractivity contribution in [3.05, 3.63) is 34.1 Å². The van der Waals surface area contributed by atoms with Crippen molar-refractivity contribution in [2.75, 3.05) is 20.3 Å². The van der Waals surface area contributed by atoms with Crippen molar-refractivity contribution in [1.82, 2.24) is 15.5 Å². The Hall–Kier alpha value is -1.14. The van der Waals surface area contributed by atoms with Crippen LogP contribution >= 0.6 is 23.2 Å². The average molecular weight is 328 g/mol. The van der Waals surface area contributed by atoms with Gasteiger partial charge < -0.3 is 14.6 Å². The minimum absolute atomic E-state index is 0.0628. The Bertz CT molecular complexity index is 632. The van der Waals surface area contributed by atoms with Crippen LogP contribution in [0.4, 0.5) is 0 Å². The van der Waals surface area contributed by atoms with E-state index in [9.17, 15) is 0 Å². The molecule has 1 fully saturated rings. The molecule has 1 aromatic carbocycles. The molecule has 1 aliphatic rings. The first-order valence-corrected chi connectivity index (χ1v) is 7.48. The Morgan fingerprint density at radius 1 is 1.29 bits per heavy atom. The summed E-state index contributed by atoms with van der Waals surface area (Å²) in [7, 11) is 1.93. The first-order valence-electron chi connectivity index (χ1n) is 6.73. The third kappa shape index (κ3) is 3.06. The predicted octanol–water partition coefficient (Wildman–Crippen LogP) is 3.14. The zero-order valence-corrected chi connectivity index (χ0v) is 13.0. The van der Waals surface area contributed by atoms with Gasteiger partial charge in [-0.25, -0.2) is 0 Å². The van der Waals surface area contributed by atoms with Gasteiger partial charge in [0, 0.05) is 18.2 Å². The normalized spacial score (nSPS) is 22.4. The molecule has 2 aromatic rings. The molecule has 0 spiro atoms. The summed E-state index contributed by atoms with van der Waals surface area (Å²) in [6.07, 6.45) is 0.922. The van der Waals surface area contributed by atoms with Crippen molar-refractivity contribution < 1.29 is 9.26 Å². The zero-order chi connectivity index (χ0) is 14.8. The Balaban J connectivity index is 1.86. The number of likely N-dealkylation sites (N-methyl/N-ethyl adjacent to an activating group) is 1. The van der Waals surface area contributed by atoms with Crippen LogP contribution in [0.15, 0.2) is 22.7 Å². The fourth-order valence-corrected chi connectivity index (χ4v) is 2.76. The fourth-order valence-electron chi connectivity index (χ4n) is 2.47. The van der Waals surface area contributed by atoms with Crippen molar-refractivity contribution in [2.24, 2.45) is 0 Å². The quantitative estimate of drug-likeness (QED) is 0.938. The monoisotopic (exact) mass is 327 g/mol. The Labute approximate surface area is 132 Å². The summed E-state index contributed by atoms with van der Waals surface area (Å²) in [6.45, 7) is 1.32. The highest BCUT2D eigenvalue weighted by Crippen LogP contribution is 2.29. The lowest BCUT2D eigenvalue weighted by atomic mass is 9.96. The summed E-state index contributed by atoms with van der Waals surface area (Å²) in [5.41, 5.74) is 0.775. The molecule has 0 aliphatic carbocycles. The molecule has 21 heavy (non-hydrogen) atoms.